The number of hydrogen-bond acceptors (Lipinski definition) is 3. The topological polar surface area (TPSA) is 53.0 Å². The number of halogens is 1. The first-order chi connectivity index (χ1) is 7.69. The van der Waals surface area contributed by atoms with Crippen molar-refractivity contribution in [2.45, 2.75) is 12.5 Å². The summed E-state index contributed by atoms with van der Waals surface area (Å²) in [5.41, 5.74) is 6.85. The van der Waals surface area contributed by atoms with Crippen LogP contribution in [0.25, 0.3) is 0 Å². The number of nitrogens with two attached hydrogens (primary N) is 1. The summed E-state index contributed by atoms with van der Waals surface area (Å²) in [5.74, 6) is 0. The molecule has 1 aromatic carbocycles. The second-order valence-corrected chi connectivity index (χ2v) is 4.13. The Morgan fingerprint density at radius 2 is 2.31 bits per heavy atom. The Labute approximate surface area is 101 Å². The summed E-state index contributed by atoms with van der Waals surface area (Å²) in [6.07, 6.45) is 0.508. The maximum atomic E-state index is 8.56. The molecular weight excluding hydrogens is 222 g/mol. The van der Waals surface area contributed by atoms with Crippen molar-refractivity contribution in [2.24, 2.45) is 5.73 Å². The van der Waals surface area contributed by atoms with Crippen molar-refractivity contribution in [3.05, 3.63) is 34.9 Å². The monoisotopic (exact) mass is 237 g/mol. The Kier molecular flexibility index (Phi) is 5.27. The fourth-order valence-electron chi connectivity index (χ4n) is 1.67. The van der Waals surface area contributed by atoms with Crippen molar-refractivity contribution < 1.29 is 0 Å². The number of rotatable bonds is 5. The average Bonchev–Trinajstić information content (AvgIpc) is 2.27. The first-order valence-electron chi connectivity index (χ1n) is 5.21. The van der Waals surface area contributed by atoms with Crippen molar-refractivity contribution in [3.8, 4) is 6.07 Å². The van der Waals surface area contributed by atoms with Gasteiger partial charge in [0.1, 0.15) is 0 Å². The molecule has 0 fully saturated rings. The Balaban J connectivity index is 2.78. The molecule has 86 valence electrons. The van der Waals surface area contributed by atoms with Gasteiger partial charge in [-0.1, -0.05) is 23.7 Å². The molecule has 1 aromatic rings. The zero-order chi connectivity index (χ0) is 12.0. The minimum Gasteiger partial charge on any atom is -0.329 e. The Bertz CT molecular complexity index is 373. The number of benzene rings is 1. The SMILES string of the molecule is CN(CCC#N)C(CN)c1cccc(Cl)c1. The van der Waals surface area contributed by atoms with E-state index in [0.717, 1.165) is 5.56 Å². The Morgan fingerprint density at radius 3 is 2.88 bits per heavy atom. The summed E-state index contributed by atoms with van der Waals surface area (Å²) in [7, 11) is 1.97. The van der Waals surface area contributed by atoms with Gasteiger partial charge in [0, 0.05) is 30.6 Å². The summed E-state index contributed by atoms with van der Waals surface area (Å²) in [5, 5.41) is 9.27. The van der Waals surface area contributed by atoms with Crippen LogP contribution in [0.5, 0.6) is 0 Å². The van der Waals surface area contributed by atoms with Crippen molar-refractivity contribution in [1.82, 2.24) is 4.90 Å². The van der Waals surface area contributed by atoms with Crippen LogP contribution in [-0.4, -0.2) is 25.0 Å². The predicted molar refractivity (Wildman–Crippen MR) is 66.1 cm³/mol. The van der Waals surface area contributed by atoms with E-state index in [1.807, 2.05) is 31.3 Å². The molecule has 0 aromatic heterocycles. The van der Waals surface area contributed by atoms with E-state index in [1.54, 1.807) is 0 Å². The van der Waals surface area contributed by atoms with Crippen molar-refractivity contribution in [1.29, 1.82) is 5.26 Å². The van der Waals surface area contributed by atoms with Crippen molar-refractivity contribution in [2.75, 3.05) is 20.1 Å². The van der Waals surface area contributed by atoms with E-state index in [2.05, 4.69) is 11.0 Å². The predicted octanol–water partition coefficient (Wildman–Crippen LogP) is 2.19. The highest BCUT2D eigenvalue weighted by Crippen LogP contribution is 2.21. The molecule has 4 heteroatoms. The molecule has 0 heterocycles. The van der Waals surface area contributed by atoms with Gasteiger partial charge in [-0.3, -0.25) is 4.90 Å². The molecule has 1 unspecified atom stereocenters. The van der Waals surface area contributed by atoms with Crippen molar-refractivity contribution in [3.63, 3.8) is 0 Å². The van der Waals surface area contributed by atoms with Gasteiger partial charge in [0.15, 0.2) is 0 Å². The third-order valence-electron chi connectivity index (χ3n) is 2.57. The lowest BCUT2D eigenvalue weighted by molar-refractivity contribution is 0.256. The Hall–Kier alpha value is -1.08. The van der Waals surface area contributed by atoms with E-state index in [4.69, 9.17) is 22.6 Å². The molecule has 0 spiro atoms. The molecule has 0 radical (unpaired) electrons. The summed E-state index contributed by atoms with van der Waals surface area (Å²) in [6, 6.07) is 9.93. The van der Waals surface area contributed by atoms with Gasteiger partial charge in [-0.25, -0.2) is 0 Å². The zero-order valence-corrected chi connectivity index (χ0v) is 10.1. The van der Waals surface area contributed by atoms with Crippen LogP contribution in [0.3, 0.4) is 0 Å². The molecule has 0 bridgehead atoms. The summed E-state index contributed by atoms with van der Waals surface area (Å²) in [4.78, 5) is 2.08. The van der Waals surface area contributed by atoms with Gasteiger partial charge in [0.05, 0.1) is 6.07 Å². The molecule has 1 rings (SSSR count). The summed E-state index contributed by atoms with van der Waals surface area (Å²) < 4.78 is 0. The highest BCUT2D eigenvalue weighted by Gasteiger charge is 2.14. The van der Waals surface area contributed by atoms with Gasteiger partial charge in [-0.2, -0.15) is 5.26 Å². The normalized spacial score (nSPS) is 12.4. The minimum atomic E-state index is 0.118. The molecule has 1 atom stereocenters. The van der Waals surface area contributed by atoms with Gasteiger partial charge >= 0.3 is 0 Å². The lowest BCUT2D eigenvalue weighted by Gasteiger charge is -2.26. The smallest absolute Gasteiger partial charge is 0.0635 e. The van der Waals surface area contributed by atoms with Crippen LogP contribution in [0.4, 0.5) is 0 Å². The van der Waals surface area contributed by atoms with E-state index in [1.165, 1.54) is 0 Å². The minimum absolute atomic E-state index is 0.118. The van der Waals surface area contributed by atoms with Gasteiger partial charge in [-0.15, -0.1) is 0 Å². The second-order valence-electron chi connectivity index (χ2n) is 3.70. The Morgan fingerprint density at radius 1 is 1.56 bits per heavy atom. The van der Waals surface area contributed by atoms with Crippen LogP contribution in [0.2, 0.25) is 5.02 Å². The zero-order valence-electron chi connectivity index (χ0n) is 9.36. The van der Waals surface area contributed by atoms with Crippen LogP contribution in [0.15, 0.2) is 24.3 Å². The van der Waals surface area contributed by atoms with Crippen LogP contribution in [-0.2, 0) is 0 Å². The number of nitriles is 1. The molecule has 0 aliphatic rings. The second kappa shape index (κ2) is 6.49. The van der Waals surface area contributed by atoms with Crippen LogP contribution >= 0.6 is 11.6 Å². The van der Waals surface area contributed by atoms with Gasteiger partial charge in [-0.05, 0) is 24.7 Å². The van der Waals surface area contributed by atoms with Crippen molar-refractivity contribution >= 4 is 11.6 Å². The first-order valence-corrected chi connectivity index (χ1v) is 5.59. The number of likely N-dealkylation sites (N-methyl/N-ethyl adjacent to an activating group) is 1. The molecular formula is C12H16ClN3. The third-order valence-corrected chi connectivity index (χ3v) is 2.80. The quantitative estimate of drug-likeness (QED) is 0.854. The first kappa shape index (κ1) is 13.0. The average molecular weight is 238 g/mol. The molecule has 0 aliphatic carbocycles. The summed E-state index contributed by atoms with van der Waals surface area (Å²) >= 11 is 5.94. The van der Waals surface area contributed by atoms with E-state index in [-0.39, 0.29) is 6.04 Å². The molecule has 3 nitrogen and oxygen atoms in total. The van der Waals surface area contributed by atoms with E-state index >= 15 is 0 Å². The lowest BCUT2D eigenvalue weighted by atomic mass is 10.1. The molecule has 2 N–H and O–H groups in total. The number of nitrogens with zero attached hydrogens (tertiary/aromatic N) is 2. The van der Waals surface area contributed by atoms with Gasteiger partial charge in [0.2, 0.25) is 0 Å². The highest BCUT2D eigenvalue weighted by atomic mass is 35.5. The van der Waals surface area contributed by atoms with Crippen LogP contribution in [0, 0.1) is 11.3 Å². The molecule has 0 saturated carbocycles. The third kappa shape index (κ3) is 3.49. The highest BCUT2D eigenvalue weighted by molar-refractivity contribution is 6.30. The van der Waals surface area contributed by atoms with Crippen LogP contribution in [0.1, 0.15) is 18.0 Å². The maximum absolute atomic E-state index is 8.56. The van der Waals surface area contributed by atoms with Gasteiger partial charge < -0.3 is 5.73 Å². The fraction of sp³-hybridized carbons (Fsp3) is 0.417. The van der Waals surface area contributed by atoms with Gasteiger partial charge in [0.25, 0.3) is 0 Å². The standard InChI is InChI=1S/C12H16ClN3/c1-16(7-3-6-14)12(9-15)10-4-2-5-11(13)8-10/h2,4-5,8,12H,3,7,9,15H2,1H3. The fourth-order valence-corrected chi connectivity index (χ4v) is 1.87. The molecule has 16 heavy (non-hydrogen) atoms. The molecule has 0 aliphatic heterocycles. The van der Waals surface area contributed by atoms with Crippen LogP contribution < -0.4 is 5.73 Å². The molecule has 0 amide bonds. The van der Waals surface area contributed by atoms with E-state index < -0.39 is 0 Å². The van der Waals surface area contributed by atoms with E-state index in [0.29, 0.717) is 24.5 Å². The lowest BCUT2D eigenvalue weighted by Crippen LogP contribution is -2.31. The number of hydrogen-bond donors (Lipinski definition) is 1. The largest absolute Gasteiger partial charge is 0.329 e. The van der Waals surface area contributed by atoms with E-state index in [9.17, 15) is 0 Å². The molecule has 0 saturated heterocycles. The summed E-state index contributed by atoms with van der Waals surface area (Å²) in [6.45, 7) is 1.23. The maximum Gasteiger partial charge on any atom is 0.0635 e.